The third-order valence-corrected chi connectivity index (χ3v) is 3.39. The van der Waals surface area contributed by atoms with E-state index in [1.54, 1.807) is 0 Å². The highest BCUT2D eigenvalue weighted by atomic mass is 16.2. The number of hydrogen-bond donors (Lipinski definition) is 1. The number of hydrogen-bond acceptors (Lipinski definition) is 2. The first-order chi connectivity index (χ1) is 8.50. The van der Waals surface area contributed by atoms with E-state index in [1.807, 2.05) is 4.90 Å². The number of rotatable bonds is 2. The molecule has 0 bridgehead atoms. The van der Waals surface area contributed by atoms with E-state index in [-0.39, 0.29) is 11.9 Å². The molecular formula is C15H22N2O. The molecule has 98 valence electrons. The normalized spacial score (nSPS) is 15.7. The molecule has 0 fully saturated rings. The number of benzene rings is 1. The highest BCUT2D eigenvalue weighted by molar-refractivity contribution is 5.98. The number of nitrogens with one attached hydrogen (secondary N) is 1. The molecule has 1 heterocycles. The molecule has 0 unspecified atom stereocenters. The predicted molar refractivity (Wildman–Crippen MR) is 76.3 cm³/mol. The van der Waals surface area contributed by atoms with Crippen LogP contribution in [-0.2, 0) is 4.79 Å². The van der Waals surface area contributed by atoms with Crippen LogP contribution in [0.5, 0.6) is 0 Å². The van der Waals surface area contributed by atoms with Crippen molar-refractivity contribution in [3.8, 4) is 0 Å². The molecule has 1 N–H and O–H groups in total. The molecule has 3 nitrogen and oxygen atoms in total. The zero-order chi connectivity index (χ0) is 13.3. The maximum atomic E-state index is 12.1. The molecule has 1 aromatic carbocycles. The molecule has 0 saturated carbocycles. The van der Waals surface area contributed by atoms with Gasteiger partial charge in [-0.3, -0.25) is 4.79 Å². The summed E-state index contributed by atoms with van der Waals surface area (Å²) < 4.78 is 0. The molecule has 1 aromatic rings. The van der Waals surface area contributed by atoms with Crippen molar-refractivity contribution in [1.82, 2.24) is 0 Å². The fourth-order valence-electron chi connectivity index (χ4n) is 2.39. The second kappa shape index (κ2) is 5.01. The van der Waals surface area contributed by atoms with Crippen LogP contribution >= 0.6 is 0 Å². The highest BCUT2D eigenvalue weighted by Gasteiger charge is 2.24. The van der Waals surface area contributed by atoms with Crippen molar-refractivity contribution in [2.24, 2.45) is 0 Å². The average Bonchev–Trinajstić information content (AvgIpc) is 2.45. The van der Waals surface area contributed by atoms with Crippen molar-refractivity contribution in [2.45, 2.75) is 46.1 Å². The molecule has 0 saturated heterocycles. The molecule has 1 aliphatic heterocycles. The number of nitrogens with zero attached hydrogens (tertiary/aromatic N) is 1. The summed E-state index contributed by atoms with van der Waals surface area (Å²) in [6.45, 7) is 9.21. The van der Waals surface area contributed by atoms with Crippen LogP contribution in [0.25, 0.3) is 0 Å². The van der Waals surface area contributed by atoms with Crippen molar-refractivity contribution in [1.29, 1.82) is 0 Å². The smallest absolute Gasteiger partial charge is 0.229 e. The lowest BCUT2D eigenvalue weighted by atomic mass is 10.0. The first-order valence-electron chi connectivity index (χ1n) is 6.70. The summed E-state index contributed by atoms with van der Waals surface area (Å²) in [6, 6.07) is 6.56. The van der Waals surface area contributed by atoms with Crippen molar-refractivity contribution >= 4 is 17.3 Å². The quantitative estimate of drug-likeness (QED) is 0.867. The third-order valence-electron chi connectivity index (χ3n) is 3.39. The molecule has 1 amide bonds. The van der Waals surface area contributed by atoms with Crippen LogP contribution in [0.4, 0.5) is 11.4 Å². The Bertz CT molecular complexity index is 452. The van der Waals surface area contributed by atoms with Crippen LogP contribution in [0.15, 0.2) is 18.2 Å². The van der Waals surface area contributed by atoms with Crippen LogP contribution in [0.1, 0.15) is 45.6 Å². The fourth-order valence-corrected chi connectivity index (χ4v) is 2.39. The van der Waals surface area contributed by atoms with Gasteiger partial charge in [-0.25, -0.2) is 0 Å². The number of fused-ring (bicyclic) bond motifs is 1. The zero-order valence-electron chi connectivity index (χ0n) is 11.7. The lowest BCUT2D eigenvalue weighted by molar-refractivity contribution is -0.118. The molecule has 0 spiro atoms. The second-order valence-electron chi connectivity index (χ2n) is 5.47. The minimum Gasteiger partial charge on any atom is -0.383 e. The van der Waals surface area contributed by atoms with E-state index in [4.69, 9.17) is 0 Å². The number of anilines is 2. The number of amides is 1. The Hall–Kier alpha value is -1.51. The van der Waals surface area contributed by atoms with Crippen LogP contribution in [-0.4, -0.2) is 18.5 Å². The Kier molecular flexibility index (Phi) is 3.60. The van der Waals surface area contributed by atoms with Gasteiger partial charge in [-0.15, -0.1) is 0 Å². The van der Waals surface area contributed by atoms with Crippen molar-refractivity contribution in [3.05, 3.63) is 23.8 Å². The summed E-state index contributed by atoms with van der Waals surface area (Å²) in [5, 5.41) is 3.37. The Morgan fingerprint density at radius 3 is 2.56 bits per heavy atom. The van der Waals surface area contributed by atoms with Crippen molar-refractivity contribution in [2.75, 3.05) is 16.8 Å². The van der Waals surface area contributed by atoms with Gasteiger partial charge in [-0.05, 0) is 37.5 Å². The lowest BCUT2D eigenvalue weighted by Crippen LogP contribution is -2.36. The zero-order valence-corrected chi connectivity index (χ0v) is 11.7. The lowest BCUT2D eigenvalue weighted by Gasteiger charge is -2.27. The van der Waals surface area contributed by atoms with Gasteiger partial charge in [0, 0.05) is 19.0 Å². The van der Waals surface area contributed by atoms with Gasteiger partial charge in [-0.1, -0.05) is 19.9 Å². The van der Waals surface area contributed by atoms with E-state index < -0.39 is 0 Å². The molecular weight excluding hydrogens is 224 g/mol. The summed E-state index contributed by atoms with van der Waals surface area (Å²) in [6.07, 6.45) is 0.559. The van der Waals surface area contributed by atoms with E-state index in [1.165, 1.54) is 5.56 Å². The van der Waals surface area contributed by atoms with Crippen LogP contribution in [0.3, 0.4) is 0 Å². The molecule has 0 radical (unpaired) electrons. The number of carbonyl (C=O) groups excluding carboxylic acids is 1. The molecule has 0 aliphatic carbocycles. The SMILES string of the molecule is CC(C)c1ccc2c(c1)NCCC(=O)N2C(C)C. The second-order valence-corrected chi connectivity index (χ2v) is 5.47. The molecule has 0 aromatic heterocycles. The average molecular weight is 246 g/mol. The van der Waals surface area contributed by atoms with E-state index in [0.717, 1.165) is 17.9 Å². The Morgan fingerprint density at radius 2 is 1.94 bits per heavy atom. The van der Waals surface area contributed by atoms with Gasteiger partial charge in [0.05, 0.1) is 11.4 Å². The standard InChI is InChI=1S/C15H22N2O/c1-10(2)12-5-6-14-13(9-12)16-8-7-15(18)17(14)11(3)4/h5-6,9-11,16H,7-8H2,1-4H3. The summed E-state index contributed by atoms with van der Waals surface area (Å²) in [7, 11) is 0. The topological polar surface area (TPSA) is 32.3 Å². The molecule has 0 atom stereocenters. The Balaban J connectivity index is 2.47. The van der Waals surface area contributed by atoms with Gasteiger partial charge in [0.15, 0.2) is 0 Å². The minimum atomic E-state index is 0.195. The Morgan fingerprint density at radius 1 is 1.22 bits per heavy atom. The third kappa shape index (κ3) is 2.35. The maximum Gasteiger partial charge on any atom is 0.229 e. The highest BCUT2D eigenvalue weighted by Crippen LogP contribution is 2.33. The van der Waals surface area contributed by atoms with E-state index >= 15 is 0 Å². The van der Waals surface area contributed by atoms with Crippen LogP contribution < -0.4 is 10.2 Å². The summed E-state index contributed by atoms with van der Waals surface area (Å²) >= 11 is 0. The van der Waals surface area contributed by atoms with E-state index in [9.17, 15) is 4.79 Å². The number of carbonyl (C=O) groups is 1. The summed E-state index contributed by atoms with van der Waals surface area (Å²) in [4.78, 5) is 14.0. The summed E-state index contributed by atoms with van der Waals surface area (Å²) in [5.41, 5.74) is 3.40. The minimum absolute atomic E-state index is 0.195. The van der Waals surface area contributed by atoms with Gasteiger partial charge in [0.1, 0.15) is 0 Å². The molecule has 2 rings (SSSR count). The van der Waals surface area contributed by atoms with E-state index in [0.29, 0.717) is 12.3 Å². The van der Waals surface area contributed by atoms with Crippen LogP contribution in [0.2, 0.25) is 0 Å². The van der Waals surface area contributed by atoms with Gasteiger partial charge in [-0.2, -0.15) is 0 Å². The first kappa shape index (κ1) is 12.9. The fraction of sp³-hybridized carbons (Fsp3) is 0.533. The molecule has 3 heteroatoms. The maximum absolute atomic E-state index is 12.1. The first-order valence-corrected chi connectivity index (χ1v) is 6.70. The van der Waals surface area contributed by atoms with Gasteiger partial charge >= 0.3 is 0 Å². The van der Waals surface area contributed by atoms with Gasteiger partial charge < -0.3 is 10.2 Å². The van der Waals surface area contributed by atoms with Crippen molar-refractivity contribution < 1.29 is 4.79 Å². The largest absolute Gasteiger partial charge is 0.383 e. The predicted octanol–water partition coefficient (Wildman–Crippen LogP) is 3.37. The van der Waals surface area contributed by atoms with Crippen LogP contribution in [0, 0.1) is 0 Å². The summed E-state index contributed by atoms with van der Waals surface area (Å²) in [5.74, 6) is 0.706. The van der Waals surface area contributed by atoms with Gasteiger partial charge in [0.2, 0.25) is 5.91 Å². The Labute approximate surface area is 109 Å². The monoisotopic (exact) mass is 246 g/mol. The molecule has 1 aliphatic rings. The van der Waals surface area contributed by atoms with Crippen molar-refractivity contribution in [3.63, 3.8) is 0 Å². The molecule has 18 heavy (non-hydrogen) atoms. The van der Waals surface area contributed by atoms with Gasteiger partial charge in [0.25, 0.3) is 0 Å². The van der Waals surface area contributed by atoms with E-state index in [2.05, 4.69) is 51.2 Å².